The lowest BCUT2D eigenvalue weighted by molar-refractivity contribution is -0.137. The highest BCUT2D eigenvalue weighted by Gasteiger charge is 2.30. The van der Waals surface area contributed by atoms with Gasteiger partial charge >= 0.3 is 6.18 Å². The van der Waals surface area contributed by atoms with Crippen LogP contribution in [0.4, 0.5) is 13.2 Å². The summed E-state index contributed by atoms with van der Waals surface area (Å²) in [5.41, 5.74) is 0.287. The van der Waals surface area contributed by atoms with Crippen LogP contribution in [0.3, 0.4) is 0 Å². The molecule has 89 valence electrons. The first-order valence-electron chi connectivity index (χ1n) is 4.85. The summed E-state index contributed by atoms with van der Waals surface area (Å²) in [6.07, 6.45) is -4.33. The molecule has 0 aliphatic heterocycles. The zero-order valence-electron chi connectivity index (χ0n) is 9.01. The maximum absolute atomic E-state index is 12.3. The number of hydrogen-bond acceptors (Lipinski definition) is 2. The van der Waals surface area contributed by atoms with Crippen LogP contribution in [0.15, 0.2) is 28.7 Å². The van der Waals surface area contributed by atoms with Crippen LogP contribution in [0.5, 0.6) is 0 Å². The van der Waals surface area contributed by atoms with Crippen LogP contribution in [-0.2, 0) is 6.18 Å². The molecule has 0 aliphatic rings. The van der Waals surface area contributed by atoms with E-state index in [1.165, 1.54) is 12.1 Å². The van der Waals surface area contributed by atoms with Gasteiger partial charge in [-0.3, -0.25) is 0 Å². The highest BCUT2D eigenvalue weighted by atomic mass is 19.4. The molecule has 0 fully saturated rings. The summed E-state index contributed by atoms with van der Waals surface area (Å²) in [6, 6.07) is 4.65. The summed E-state index contributed by atoms with van der Waals surface area (Å²) in [7, 11) is 0. The van der Waals surface area contributed by atoms with E-state index in [2.05, 4.69) is 11.9 Å². The third-order valence-electron chi connectivity index (χ3n) is 2.35. The summed E-state index contributed by atoms with van der Waals surface area (Å²) < 4.78 is 42.3. The van der Waals surface area contributed by atoms with Gasteiger partial charge in [0, 0.05) is 5.56 Å². The molecule has 1 heterocycles. The van der Waals surface area contributed by atoms with Crippen LogP contribution in [0.25, 0.3) is 11.5 Å². The third-order valence-corrected chi connectivity index (χ3v) is 2.35. The number of nitrogens with zero attached hydrogens (tertiary/aromatic N) is 1. The summed E-state index contributed by atoms with van der Waals surface area (Å²) in [5, 5.41) is 0. The molecule has 0 amide bonds. The van der Waals surface area contributed by atoms with Crippen LogP contribution < -0.4 is 0 Å². The number of oxazole rings is 1. The van der Waals surface area contributed by atoms with E-state index < -0.39 is 11.7 Å². The molecule has 5 heteroatoms. The van der Waals surface area contributed by atoms with Gasteiger partial charge in [-0.05, 0) is 38.1 Å². The highest BCUT2D eigenvalue weighted by molar-refractivity contribution is 5.54. The monoisotopic (exact) mass is 240 g/mol. The molecule has 2 aromatic rings. The van der Waals surface area contributed by atoms with Crippen molar-refractivity contribution in [2.24, 2.45) is 0 Å². The Labute approximate surface area is 96.1 Å². The molecule has 2 rings (SSSR count). The largest absolute Gasteiger partial charge is 0.441 e. The van der Waals surface area contributed by atoms with Crippen molar-refractivity contribution in [1.29, 1.82) is 0 Å². The molecule has 0 saturated heterocycles. The van der Waals surface area contributed by atoms with Crippen LogP contribution in [0.1, 0.15) is 17.0 Å². The standard InChI is InChI=1S/C12H9F3NO/c1-7-8(2)17-11(16-7)9-3-5-10(6-4-9)12(13,14)15/h3-6H,1H2,2H3. The van der Waals surface area contributed by atoms with E-state index in [0.717, 1.165) is 12.1 Å². The Morgan fingerprint density at radius 2 is 1.76 bits per heavy atom. The van der Waals surface area contributed by atoms with Crippen LogP contribution in [0.2, 0.25) is 0 Å². The Balaban J connectivity index is 2.36. The van der Waals surface area contributed by atoms with Crippen LogP contribution >= 0.6 is 0 Å². The second kappa shape index (κ2) is 3.91. The van der Waals surface area contributed by atoms with E-state index in [4.69, 9.17) is 4.42 Å². The molecular formula is C12H9F3NO. The van der Waals surface area contributed by atoms with Gasteiger partial charge in [-0.25, -0.2) is 4.98 Å². The van der Waals surface area contributed by atoms with E-state index in [1.54, 1.807) is 6.92 Å². The first kappa shape index (κ1) is 11.7. The normalized spacial score (nSPS) is 11.8. The highest BCUT2D eigenvalue weighted by Crippen LogP contribution is 2.31. The summed E-state index contributed by atoms with van der Waals surface area (Å²) in [5.74, 6) is 0.834. The SMILES string of the molecule is [CH2]c1nc(-c2ccc(C(F)(F)F)cc2)oc1C. The first-order valence-corrected chi connectivity index (χ1v) is 4.85. The van der Waals surface area contributed by atoms with E-state index in [9.17, 15) is 13.2 Å². The lowest BCUT2D eigenvalue weighted by Gasteiger charge is -2.05. The number of halogens is 3. The minimum atomic E-state index is -4.33. The second-order valence-electron chi connectivity index (χ2n) is 3.60. The smallest absolute Gasteiger partial charge is 0.416 e. The lowest BCUT2D eigenvalue weighted by atomic mass is 10.1. The average Bonchev–Trinajstić information content (AvgIpc) is 2.58. The van der Waals surface area contributed by atoms with Crippen molar-refractivity contribution >= 4 is 0 Å². The fourth-order valence-electron chi connectivity index (χ4n) is 1.35. The summed E-state index contributed by atoms with van der Waals surface area (Å²) >= 11 is 0. The van der Waals surface area contributed by atoms with Crippen LogP contribution in [0, 0.1) is 13.8 Å². The van der Waals surface area contributed by atoms with Crippen molar-refractivity contribution in [3.63, 3.8) is 0 Å². The van der Waals surface area contributed by atoms with Crippen LogP contribution in [-0.4, -0.2) is 4.98 Å². The Bertz CT molecular complexity index is 506. The van der Waals surface area contributed by atoms with Gasteiger partial charge in [0.2, 0.25) is 5.89 Å². The zero-order chi connectivity index (χ0) is 12.6. The number of aromatic nitrogens is 1. The number of alkyl halides is 3. The Hall–Kier alpha value is -1.78. The van der Waals surface area contributed by atoms with Gasteiger partial charge in [0.05, 0.1) is 11.3 Å². The van der Waals surface area contributed by atoms with Crippen molar-refractivity contribution in [3.8, 4) is 11.5 Å². The molecule has 1 aromatic heterocycles. The summed E-state index contributed by atoms with van der Waals surface area (Å²) in [6.45, 7) is 5.34. The van der Waals surface area contributed by atoms with Gasteiger partial charge < -0.3 is 4.42 Å². The van der Waals surface area contributed by atoms with E-state index in [0.29, 0.717) is 17.0 Å². The average molecular weight is 240 g/mol. The zero-order valence-corrected chi connectivity index (χ0v) is 9.01. The van der Waals surface area contributed by atoms with Crippen molar-refractivity contribution < 1.29 is 17.6 Å². The molecule has 1 radical (unpaired) electrons. The quantitative estimate of drug-likeness (QED) is 0.756. The van der Waals surface area contributed by atoms with Gasteiger partial charge in [-0.2, -0.15) is 13.2 Å². The number of aryl methyl sites for hydroxylation is 1. The lowest BCUT2D eigenvalue weighted by Crippen LogP contribution is -2.03. The minimum Gasteiger partial charge on any atom is -0.441 e. The maximum Gasteiger partial charge on any atom is 0.416 e. The first-order chi connectivity index (χ1) is 7.88. The molecule has 0 unspecified atom stereocenters. The van der Waals surface area contributed by atoms with Crippen molar-refractivity contribution in [1.82, 2.24) is 4.98 Å². The topological polar surface area (TPSA) is 26.0 Å². The molecule has 17 heavy (non-hydrogen) atoms. The molecular weight excluding hydrogens is 231 g/mol. The maximum atomic E-state index is 12.3. The molecule has 1 aromatic carbocycles. The van der Waals surface area contributed by atoms with E-state index in [1.807, 2.05) is 0 Å². The van der Waals surface area contributed by atoms with Gasteiger partial charge in [-0.15, -0.1) is 0 Å². The minimum absolute atomic E-state index is 0.279. The fraction of sp³-hybridized carbons (Fsp3) is 0.167. The van der Waals surface area contributed by atoms with Crippen molar-refractivity contribution in [3.05, 3.63) is 48.2 Å². The van der Waals surface area contributed by atoms with Gasteiger partial charge in [-0.1, -0.05) is 0 Å². The second-order valence-corrected chi connectivity index (χ2v) is 3.60. The predicted molar refractivity (Wildman–Crippen MR) is 56.1 cm³/mol. The number of rotatable bonds is 1. The summed E-state index contributed by atoms with van der Waals surface area (Å²) in [4.78, 5) is 4.01. The Kier molecular flexibility index (Phi) is 2.69. The fourth-order valence-corrected chi connectivity index (χ4v) is 1.35. The molecule has 0 N–H and O–H groups in total. The van der Waals surface area contributed by atoms with Crippen molar-refractivity contribution in [2.45, 2.75) is 13.1 Å². The third kappa shape index (κ3) is 2.33. The molecule has 0 aliphatic carbocycles. The predicted octanol–water partition coefficient (Wildman–Crippen LogP) is 3.85. The van der Waals surface area contributed by atoms with Gasteiger partial charge in [0.1, 0.15) is 5.76 Å². The van der Waals surface area contributed by atoms with Gasteiger partial charge in [0.25, 0.3) is 0 Å². The van der Waals surface area contributed by atoms with E-state index in [-0.39, 0.29) is 5.89 Å². The van der Waals surface area contributed by atoms with Crippen molar-refractivity contribution in [2.75, 3.05) is 0 Å². The number of hydrogen-bond donors (Lipinski definition) is 0. The number of benzene rings is 1. The molecule has 2 nitrogen and oxygen atoms in total. The van der Waals surface area contributed by atoms with Gasteiger partial charge in [0.15, 0.2) is 0 Å². The Morgan fingerprint density at radius 3 is 2.18 bits per heavy atom. The molecule has 0 saturated carbocycles. The molecule has 0 atom stereocenters. The Morgan fingerprint density at radius 1 is 1.18 bits per heavy atom. The molecule has 0 bridgehead atoms. The molecule has 0 spiro atoms. The van der Waals surface area contributed by atoms with E-state index >= 15 is 0 Å².